The molecule has 11 heteroatoms. The van der Waals surface area contributed by atoms with E-state index in [-0.39, 0.29) is 11.6 Å². The van der Waals surface area contributed by atoms with E-state index >= 15 is 0 Å². The fourth-order valence-electron chi connectivity index (χ4n) is 3.96. The van der Waals surface area contributed by atoms with Crippen molar-refractivity contribution in [3.05, 3.63) is 134 Å². The smallest absolute Gasteiger partial charge is 0.276 e. The van der Waals surface area contributed by atoms with E-state index in [0.717, 1.165) is 11.1 Å². The fourth-order valence-corrected chi connectivity index (χ4v) is 5.06. The standard InChI is InChI=1S/C29H20Cl2N6O2S/c1-32-26-25(20-6-2-4-18(12-20)15-37-11-10-33-17-37)35-29(36-28(26)39)40-16-19-5-3-7-22(13-19)34-27(38)21-8-9-23(30)24(31)14-21/h2-14,17H,15-16H2,(H,34,38)(H,35,36,39). The van der Waals surface area contributed by atoms with Gasteiger partial charge in [0, 0.05) is 35.9 Å². The van der Waals surface area contributed by atoms with Gasteiger partial charge in [0.25, 0.3) is 17.2 Å². The number of amides is 1. The summed E-state index contributed by atoms with van der Waals surface area (Å²) in [5.74, 6) is 0.153. The highest BCUT2D eigenvalue weighted by atomic mass is 35.5. The molecule has 5 aromatic rings. The number of hydrogen-bond donors (Lipinski definition) is 2. The van der Waals surface area contributed by atoms with Crippen molar-refractivity contribution in [3.8, 4) is 11.3 Å². The monoisotopic (exact) mass is 586 g/mol. The van der Waals surface area contributed by atoms with Crippen LogP contribution in [-0.2, 0) is 12.3 Å². The van der Waals surface area contributed by atoms with Crippen molar-refractivity contribution in [3.63, 3.8) is 0 Å². The Morgan fingerprint density at radius 2 is 1.88 bits per heavy atom. The number of benzene rings is 3. The molecule has 2 heterocycles. The lowest BCUT2D eigenvalue weighted by molar-refractivity contribution is 0.102. The predicted octanol–water partition coefficient (Wildman–Crippen LogP) is 7.08. The summed E-state index contributed by atoms with van der Waals surface area (Å²) in [6, 6.07) is 19.7. The highest BCUT2D eigenvalue weighted by molar-refractivity contribution is 7.98. The second-order valence-corrected chi connectivity index (χ2v) is 10.5. The van der Waals surface area contributed by atoms with Crippen molar-refractivity contribution in [1.82, 2.24) is 19.5 Å². The van der Waals surface area contributed by atoms with Crippen molar-refractivity contribution in [2.75, 3.05) is 5.32 Å². The quantitative estimate of drug-likeness (QED) is 0.115. The first kappa shape index (κ1) is 27.2. The molecular weight excluding hydrogens is 567 g/mol. The van der Waals surface area contributed by atoms with Crippen LogP contribution in [0.25, 0.3) is 16.1 Å². The van der Waals surface area contributed by atoms with Crippen LogP contribution in [0.15, 0.2) is 95.4 Å². The first-order valence-electron chi connectivity index (χ1n) is 11.9. The molecule has 0 spiro atoms. The molecule has 40 heavy (non-hydrogen) atoms. The second kappa shape index (κ2) is 12.2. The van der Waals surface area contributed by atoms with E-state index in [1.807, 2.05) is 53.2 Å². The molecule has 8 nitrogen and oxygen atoms in total. The van der Waals surface area contributed by atoms with Crippen LogP contribution in [0, 0.1) is 6.57 Å². The Labute approximate surface area is 243 Å². The van der Waals surface area contributed by atoms with Crippen LogP contribution in [0.4, 0.5) is 11.4 Å². The van der Waals surface area contributed by atoms with E-state index in [1.54, 1.807) is 30.7 Å². The zero-order chi connectivity index (χ0) is 28.1. The van der Waals surface area contributed by atoms with Gasteiger partial charge in [-0.05, 0) is 53.1 Å². The highest BCUT2D eigenvalue weighted by Crippen LogP contribution is 2.29. The Morgan fingerprint density at radius 1 is 1.05 bits per heavy atom. The maximum atomic E-state index is 12.8. The SMILES string of the molecule is [C-]#[N+]c1c(-c2cccc(Cn3ccnc3)c2)nc(SCc2cccc(NC(=O)c3ccc(Cl)c(Cl)c3)c2)[nH]c1=O. The molecule has 5 rings (SSSR count). The van der Waals surface area contributed by atoms with E-state index in [2.05, 4.69) is 25.1 Å². The first-order valence-corrected chi connectivity index (χ1v) is 13.7. The maximum absolute atomic E-state index is 12.8. The highest BCUT2D eigenvalue weighted by Gasteiger charge is 2.15. The number of thioether (sulfide) groups is 1. The predicted molar refractivity (Wildman–Crippen MR) is 158 cm³/mol. The largest absolute Gasteiger partial charge is 0.333 e. The Morgan fingerprint density at radius 3 is 2.65 bits per heavy atom. The van der Waals surface area contributed by atoms with Gasteiger partial charge in [0.2, 0.25) is 0 Å². The summed E-state index contributed by atoms with van der Waals surface area (Å²) in [7, 11) is 0. The number of carbonyl (C=O) groups excluding carboxylic acids is 1. The number of aromatic nitrogens is 4. The third-order valence-corrected chi connectivity index (χ3v) is 7.54. The van der Waals surface area contributed by atoms with Gasteiger partial charge in [-0.2, -0.15) is 0 Å². The number of hydrogen-bond acceptors (Lipinski definition) is 5. The molecule has 0 fully saturated rings. The van der Waals surface area contributed by atoms with Gasteiger partial charge < -0.3 is 14.9 Å². The van der Waals surface area contributed by atoms with Gasteiger partial charge >= 0.3 is 0 Å². The third-order valence-electron chi connectivity index (χ3n) is 5.85. The average Bonchev–Trinajstić information content (AvgIpc) is 3.46. The molecule has 198 valence electrons. The van der Waals surface area contributed by atoms with Crippen LogP contribution in [0.5, 0.6) is 0 Å². The molecule has 3 aromatic carbocycles. The normalized spacial score (nSPS) is 10.7. The van der Waals surface area contributed by atoms with Crippen LogP contribution in [-0.4, -0.2) is 25.4 Å². The van der Waals surface area contributed by atoms with E-state index in [1.165, 1.54) is 17.8 Å². The van der Waals surface area contributed by atoms with Gasteiger partial charge in [-0.25, -0.2) is 14.8 Å². The number of imidazole rings is 1. The van der Waals surface area contributed by atoms with Crippen molar-refractivity contribution in [2.45, 2.75) is 17.5 Å². The molecule has 2 aromatic heterocycles. The summed E-state index contributed by atoms with van der Waals surface area (Å²) >= 11 is 13.3. The molecule has 0 aliphatic rings. The summed E-state index contributed by atoms with van der Waals surface area (Å²) in [5.41, 5.74) is 3.34. The minimum absolute atomic E-state index is 0.0591. The van der Waals surface area contributed by atoms with Crippen molar-refractivity contribution in [1.29, 1.82) is 0 Å². The minimum Gasteiger partial charge on any atom is -0.333 e. The van der Waals surface area contributed by atoms with Gasteiger partial charge in [0.1, 0.15) is 0 Å². The lowest BCUT2D eigenvalue weighted by Crippen LogP contribution is -2.12. The number of nitrogens with zero attached hydrogens (tertiary/aromatic N) is 4. The zero-order valence-corrected chi connectivity index (χ0v) is 23.1. The molecule has 1 amide bonds. The lowest BCUT2D eigenvalue weighted by atomic mass is 10.1. The Kier molecular flexibility index (Phi) is 8.31. The topological polar surface area (TPSA) is 97.0 Å². The average molecular weight is 587 g/mol. The zero-order valence-electron chi connectivity index (χ0n) is 20.8. The van der Waals surface area contributed by atoms with Crippen LogP contribution >= 0.6 is 35.0 Å². The van der Waals surface area contributed by atoms with E-state index in [0.29, 0.717) is 50.0 Å². The molecular formula is C29H20Cl2N6O2S. The molecule has 0 radical (unpaired) electrons. The number of anilines is 1. The van der Waals surface area contributed by atoms with Gasteiger partial charge in [-0.3, -0.25) is 9.59 Å². The van der Waals surface area contributed by atoms with E-state index in [4.69, 9.17) is 29.8 Å². The Bertz CT molecular complexity index is 1800. The van der Waals surface area contributed by atoms with Gasteiger partial charge in [0.15, 0.2) is 5.16 Å². The summed E-state index contributed by atoms with van der Waals surface area (Å²) in [6.45, 7) is 8.16. The number of aromatic amines is 1. The van der Waals surface area contributed by atoms with Crippen LogP contribution < -0.4 is 10.9 Å². The third kappa shape index (κ3) is 6.43. The van der Waals surface area contributed by atoms with Crippen molar-refractivity contribution in [2.24, 2.45) is 0 Å². The fraction of sp³-hybridized carbons (Fsp3) is 0.0690. The summed E-state index contributed by atoms with van der Waals surface area (Å²) < 4.78 is 1.93. The van der Waals surface area contributed by atoms with Crippen LogP contribution in [0.3, 0.4) is 0 Å². The maximum Gasteiger partial charge on any atom is 0.276 e. The van der Waals surface area contributed by atoms with E-state index in [9.17, 15) is 9.59 Å². The Balaban J connectivity index is 1.33. The van der Waals surface area contributed by atoms with Gasteiger partial charge in [0.05, 0.1) is 28.6 Å². The first-order chi connectivity index (χ1) is 19.4. The molecule has 0 saturated heterocycles. The Hall–Kier alpha value is -4.36. The molecule has 2 N–H and O–H groups in total. The van der Waals surface area contributed by atoms with Crippen molar-refractivity contribution < 1.29 is 4.79 Å². The van der Waals surface area contributed by atoms with Gasteiger partial charge in [-0.1, -0.05) is 65.3 Å². The molecule has 0 atom stereocenters. The van der Waals surface area contributed by atoms with Crippen LogP contribution in [0.1, 0.15) is 21.5 Å². The van der Waals surface area contributed by atoms with Crippen molar-refractivity contribution >= 4 is 52.2 Å². The number of H-pyrrole nitrogens is 1. The number of rotatable bonds is 8. The number of halogens is 2. The summed E-state index contributed by atoms with van der Waals surface area (Å²) in [4.78, 5) is 40.3. The molecule has 0 unspecified atom stereocenters. The van der Waals surface area contributed by atoms with Gasteiger partial charge in [-0.15, -0.1) is 0 Å². The summed E-state index contributed by atoms with van der Waals surface area (Å²) in [6.07, 6.45) is 5.30. The molecule has 0 aliphatic carbocycles. The second-order valence-electron chi connectivity index (χ2n) is 8.69. The van der Waals surface area contributed by atoms with Crippen LogP contribution in [0.2, 0.25) is 10.0 Å². The number of nitrogens with one attached hydrogen (secondary N) is 2. The summed E-state index contributed by atoms with van der Waals surface area (Å²) in [5, 5.41) is 3.92. The minimum atomic E-state index is -0.495. The molecule has 0 saturated carbocycles. The number of carbonyl (C=O) groups is 1. The lowest BCUT2D eigenvalue weighted by Gasteiger charge is -2.10. The molecule has 0 bridgehead atoms. The van der Waals surface area contributed by atoms with E-state index < -0.39 is 5.56 Å². The molecule has 0 aliphatic heterocycles.